The fourth-order valence-electron chi connectivity index (χ4n) is 0.408. The SMILES string of the molecule is [CH2-]CCC(C)C.[W]. The van der Waals surface area contributed by atoms with E-state index in [4.69, 9.17) is 0 Å². The van der Waals surface area contributed by atoms with Crippen molar-refractivity contribution in [3.8, 4) is 0 Å². The molecule has 0 aliphatic carbocycles. The molecule has 1 heteroatoms. The molecule has 0 radical (unpaired) electrons. The minimum absolute atomic E-state index is 0. The molecule has 7 heavy (non-hydrogen) atoms. The van der Waals surface area contributed by atoms with E-state index in [2.05, 4.69) is 20.8 Å². The summed E-state index contributed by atoms with van der Waals surface area (Å²) >= 11 is 0. The zero-order valence-corrected chi connectivity index (χ0v) is 8.04. The van der Waals surface area contributed by atoms with E-state index >= 15 is 0 Å². The Morgan fingerprint density at radius 1 is 1.43 bits per heavy atom. The van der Waals surface area contributed by atoms with E-state index in [0.717, 1.165) is 12.3 Å². The molecule has 0 bridgehead atoms. The molecule has 0 nitrogen and oxygen atoms in total. The number of hydrogen-bond donors (Lipinski definition) is 0. The molecule has 0 N–H and O–H groups in total. The van der Waals surface area contributed by atoms with Crippen LogP contribution in [0.2, 0.25) is 0 Å². The minimum Gasteiger partial charge on any atom is -0.343 e. The quantitative estimate of drug-likeness (QED) is 0.674. The smallest absolute Gasteiger partial charge is 0 e. The third kappa shape index (κ3) is 10.8. The van der Waals surface area contributed by atoms with Crippen molar-refractivity contribution >= 4 is 0 Å². The molecule has 0 aromatic heterocycles. The molecule has 0 aromatic rings. The molecule has 0 atom stereocenters. The van der Waals surface area contributed by atoms with E-state index in [1.807, 2.05) is 0 Å². The number of hydrogen-bond acceptors (Lipinski definition) is 0. The summed E-state index contributed by atoms with van der Waals surface area (Å²) in [5.74, 6) is 0.836. The van der Waals surface area contributed by atoms with Gasteiger partial charge in [0.25, 0.3) is 0 Å². The van der Waals surface area contributed by atoms with Gasteiger partial charge in [-0.25, -0.2) is 0 Å². The summed E-state index contributed by atoms with van der Waals surface area (Å²) in [5, 5.41) is 0. The molecule has 0 fully saturated rings. The van der Waals surface area contributed by atoms with Crippen molar-refractivity contribution in [3.05, 3.63) is 6.92 Å². The molecule has 0 heterocycles. The third-order valence-electron chi connectivity index (χ3n) is 0.781. The molecule has 44 valence electrons. The normalized spacial score (nSPS) is 8.57. The summed E-state index contributed by atoms with van der Waals surface area (Å²) in [6.07, 6.45) is 2.34. The van der Waals surface area contributed by atoms with Gasteiger partial charge in [0.15, 0.2) is 0 Å². The summed E-state index contributed by atoms with van der Waals surface area (Å²) in [7, 11) is 0. The monoisotopic (exact) mass is 269 g/mol. The van der Waals surface area contributed by atoms with Gasteiger partial charge in [-0.2, -0.15) is 6.42 Å². The van der Waals surface area contributed by atoms with Crippen LogP contribution in [0.25, 0.3) is 0 Å². The van der Waals surface area contributed by atoms with Crippen molar-refractivity contribution in [1.82, 2.24) is 0 Å². The van der Waals surface area contributed by atoms with Crippen LogP contribution in [0.4, 0.5) is 0 Å². The van der Waals surface area contributed by atoms with Crippen molar-refractivity contribution in [1.29, 1.82) is 0 Å². The van der Waals surface area contributed by atoms with Crippen LogP contribution >= 0.6 is 0 Å². The van der Waals surface area contributed by atoms with Crippen molar-refractivity contribution < 1.29 is 21.1 Å². The van der Waals surface area contributed by atoms with Crippen molar-refractivity contribution in [2.24, 2.45) is 5.92 Å². The van der Waals surface area contributed by atoms with Crippen molar-refractivity contribution in [3.63, 3.8) is 0 Å². The maximum Gasteiger partial charge on any atom is 0 e. The maximum absolute atomic E-state index is 3.73. The van der Waals surface area contributed by atoms with Crippen LogP contribution in [0.15, 0.2) is 0 Å². The van der Waals surface area contributed by atoms with Gasteiger partial charge in [0.1, 0.15) is 0 Å². The first kappa shape index (κ1) is 10.6. The Labute approximate surface area is 61.0 Å². The molecule has 0 aromatic carbocycles. The second-order valence-corrected chi connectivity index (χ2v) is 2.04. The van der Waals surface area contributed by atoms with Crippen LogP contribution in [0.3, 0.4) is 0 Å². The topological polar surface area (TPSA) is 0 Å². The van der Waals surface area contributed by atoms with Crippen LogP contribution in [-0.2, 0) is 21.1 Å². The summed E-state index contributed by atoms with van der Waals surface area (Å²) in [6.45, 7) is 8.15. The molecule has 0 saturated heterocycles. The molecule has 0 amide bonds. The molecule has 0 aliphatic heterocycles. The summed E-state index contributed by atoms with van der Waals surface area (Å²) < 4.78 is 0. The Balaban J connectivity index is 0. The van der Waals surface area contributed by atoms with E-state index in [0.29, 0.717) is 0 Å². The summed E-state index contributed by atoms with van der Waals surface area (Å²) in [6, 6.07) is 0. The molecule has 0 spiro atoms. The first-order valence-electron chi connectivity index (χ1n) is 2.56. The van der Waals surface area contributed by atoms with Crippen LogP contribution in [-0.4, -0.2) is 0 Å². The first-order chi connectivity index (χ1) is 2.77. The van der Waals surface area contributed by atoms with E-state index in [1.54, 1.807) is 0 Å². The predicted octanol–water partition coefficient (Wildman–Crippen LogP) is 2.25. The Morgan fingerprint density at radius 2 is 1.86 bits per heavy atom. The van der Waals surface area contributed by atoms with Gasteiger partial charge in [0.05, 0.1) is 0 Å². The average Bonchev–Trinajstić information content (AvgIpc) is 1.35. The van der Waals surface area contributed by atoms with Crippen LogP contribution in [0.5, 0.6) is 0 Å². The van der Waals surface area contributed by atoms with Crippen LogP contribution < -0.4 is 0 Å². The fourth-order valence-corrected chi connectivity index (χ4v) is 0.408. The van der Waals surface area contributed by atoms with Gasteiger partial charge in [0, 0.05) is 21.1 Å². The predicted molar refractivity (Wildman–Crippen MR) is 29.4 cm³/mol. The van der Waals surface area contributed by atoms with Crippen molar-refractivity contribution in [2.75, 3.05) is 0 Å². The van der Waals surface area contributed by atoms with Gasteiger partial charge in [-0.05, 0) is 5.92 Å². The third-order valence-corrected chi connectivity index (χ3v) is 0.781. The van der Waals surface area contributed by atoms with E-state index in [-0.39, 0.29) is 21.1 Å². The maximum atomic E-state index is 3.73. The summed E-state index contributed by atoms with van der Waals surface area (Å²) in [5.41, 5.74) is 0. The Morgan fingerprint density at radius 3 is 1.86 bits per heavy atom. The first-order valence-corrected chi connectivity index (χ1v) is 2.56. The second-order valence-electron chi connectivity index (χ2n) is 2.04. The second kappa shape index (κ2) is 6.69. The van der Waals surface area contributed by atoms with E-state index in [1.165, 1.54) is 6.42 Å². The zero-order chi connectivity index (χ0) is 4.99. The van der Waals surface area contributed by atoms with Gasteiger partial charge in [-0.15, -0.1) is 0 Å². The van der Waals surface area contributed by atoms with Gasteiger partial charge < -0.3 is 6.92 Å². The van der Waals surface area contributed by atoms with Crippen LogP contribution in [0, 0.1) is 12.8 Å². The molecule has 0 rings (SSSR count). The molecule has 0 unspecified atom stereocenters. The minimum atomic E-state index is 0. The van der Waals surface area contributed by atoms with E-state index in [9.17, 15) is 0 Å². The van der Waals surface area contributed by atoms with Gasteiger partial charge in [-0.1, -0.05) is 20.3 Å². The average molecular weight is 269 g/mol. The Hall–Kier alpha value is 0.688. The standard InChI is InChI=1S/C6H13.W/c1-4-5-6(2)3;/h6H,1,4-5H2,2-3H3;/q-1;. The van der Waals surface area contributed by atoms with E-state index < -0.39 is 0 Å². The molecular weight excluding hydrogens is 256 g/mol. The Kier molecular flexibility index (Phi) is 10.2. The Bertz CT molecular complexity index is 25.4. The molecule has 0 saturated carbocycles. The molecular formula is C6H13W-. The van der Waals surface area contributed by atoms with Gasteiger partial charge in [-0.3, -0.25) is 0 Å². The zero-order valence-electron chi connectivity index (χ0n) is 5.11. The largest absolute Gasteiger partial charge is 0.343 e. The van der Waals surface area contributed by atoms with Gasteiger partial charge in [0.2, 0.25) is 0 Å². The molecule has 0 aliphatic rings. The fraction of sp³-hybridized carbons (Fsp3) is 0.833. The van der Waals surface area contributed by atoms with Crippen LogP contribution in [0.1, 0.15) is 26.7 Å². The summed E-state index contributed by atoms with van der Waals surface area (Å²) in [4.78, 5) is 0. The van der Waals surface area contributed by atoms with Gasteiger partial charge >= 0.3 is 0 Å². The number of rotatable bonds is 2. The van der Waals surface area contributed by atoms with Crippen molar-refractivity contribution in [2.45, 2.75) is 26.7 Å².